The predicted octanol–water partition coefficient (Wildman–Crippen LogP) is 1.52. The summed E-state index contributed by atoms with van der Waals surface area (Å²) >= 11 is 5.75. The Bertz CT molecular complexity index is 392. The predicted molar refractivity (Wildman–Crippen MR) is 59.4 cm³/mol. The van der Waals surface area contributed by atoms with Gasteiger partial charge in [-0.1, -0.05) is 17.7 Å². The van der Waals surface area contributed by atoms with Gasteiger partial charge in [0.1, 0.15) is 6.10 Å². The first-order valence-electron chi connectivity index (χ1n) is 4.75. The monoisotopic (exact) mass is 244 g/mol. The first-order chi connectivity index (χ1) is 7.41. The van der Waals surface area contributed by atoms with Crippen LogP contribution in [0.5, 0.6) is 0 Å². The Hall–Kier alpha value is -1.10. The van der Waals surface area contributed by atoms with Crippen LogP contribution >= 0.6 is 11.6 Å². The van der Waals surface area contributed by atoms with Crippen LogP contribution in [0.4, 0.5) is 0 Å². The average molecular weight is 245 g/mol. The smallest absolute Gasteiger partial charge is 0.306 e. The van der Waals surface area contributed by atoms with Gasteiger partial charge >= 0.3 is 5.97 Å². The fraction of sp³-hybridized carbons (Fsp3) is 0.364. The molecule has 5 heteroatoms. The summed E-state index contributed by atoms with van der Waals surface area (Å²) in [6.07, 6.45) is -3.03. The van der Waals surface area contributed by atoms with Gasteiger partial charge in [0, 0.05) is 5.02 Å². The van der Waals surface area contributed by atoms with Crippen molar-refractivity contribution in [1.29, 1.82) is 0 Å². The van der Waals surface area contributed by atoms with E-state index < -0.39 is 24.6 Å². The van der Waals surface area contributed by atoms with Crippen molar-refractivity contribution in [3.63, 3.8) is 0 Å². The second-order valence-electron chi connectivity index (χ2n) is 3.61. The van der Waals surface area contributed by atoms with E-state index in [1.54, 1.807) is 25.1 Å². The number of hydrogen-bond donors (Lipinski definition) is 3. The molecule has 0 saturated carbocycles. The van der Waals surface area contributed by atoms with E-state index in [1.807, 2.05) is 0 Å². The molecule has 0 aromatic heterocycles. The van der Waals surface area contributed by atoms with Gasteiger partial charge in [-0.25, -0.2) is 0 Å². The van der Waals surface area contributed by atoms with Gasteiger partial charge in [-0.3, -0.25) is 4.79 Å². The lowest BCUT2D eigenvalue weighted by Crippen LogP contribution is -2.22. The summed E-state index contributed by atoms with van der Waals surface area (Å²) in [7, 11) is 0. The summed E-state index contributed by atoms with van der Waals surface area (Å²) in [5.41, 5.74) is 1.20. The Morgan fingerprint density at radius 2 is 2.06 bits per heavy atom. The molecule has 4 nitrogen and oxygen atoms in total. The molecule has 0 heterocycles. The van der Waals surface area contributed by atoms with Gasteiger partial charge in [0.15, 0.2) is 0 Å². The number of aliphatic hydroxyl groups excluding tert-OH is 2. The molecule has 1 rings (SSSR count). The minimum Gasteiger partial charge on any atom is -0.481 e. The molecule has 0 spiro atoms. The molecule has 1 aromatic carbocycles. The largest absolute Gasteiger partial charge is 0.481 e. The van der Waals surface area contributed by atoms with Gasteiger partial charge in [0.2, 0.25) is 0 Å². The highest BCUT2D eigenvalue weighted by Gasteiger charge is 2.22. The minimum absolute atomic E-state index is 0.484. The standard InChI is InChI=1S/C11H13ClO4/c1-6-4-7(12)2-3-8(6)11(16)9(13)5-10(14)15/h2-4,9,11,13,16H,5H2,1H3,(H,14,15). The maximum atomic E-state index is 10.4. The molecule has 0 fully saturated rings. The molecule has 2 unspecified atom stereocenters. The highest BCUT2D eigenvalue weighted by molar-refractivity contribution is 6.30. The van der Waals surface area contributed by atoms with E-state index >= 15 is 0 Å². The summed E-state index contributed by atoms with van der Waals surface area (Å²) < 4.78 is 0. The lowest BCUT2D eigenvalue weighted by Gasteiger charge is -2.18. The maximum Gasteiger partial charge on any atom is 0.306 e. The lowest BCUT2D eigenvalue weighted by molar-refractivity contribution is -0.141. The number of carboxylic acid groups (broad SMARTS) is 1. The molecule has 0 amide bonds. The second kappa shape index (κ2) is 5.30. The summed E-state index contributed by atoms with van der Waals surface area (Å²) in [6, 6.07) is 4.81. The number of carbonyl (C=O) groups is 1. The van der Waals surface area contributed by atoms with Crippen LogP contribution in [0.15, 0.2) is 18.2 Å². The van der Waals surface area contributed by atoms with Gasteiger partial charge in [-0.15, -0.1) is 0 Å². The molecular weight excluding hydrogens is 232 g/mol. The molecule has 0 aliphatic rings. The molecule has 0 bridgehead atoms. The molecular formula is C11H13ClO4. The SMILES string of the molecule is Cc1cc(Cl)ccc1C(O)C(O)CC(=O)O. The number of hydrogen-bond acceptors (Lipinski definition) is 3. The third-order valence-electron chi connectivity index (χ3n) is 2.30. The first kappa shape index (κ1) is 13.0. The highest BCUT2D eigenvalue weighted by Crippen LogP contribution is 2.24. The zero-order chi connectivity index (χ0) is 12.3. The van der Waals surface area contributed by atoms with Crippen molar-refractivity contribution in [3.05, 3.63) is 34.3 Å². The van der Waals surface area contributed by atoms with Crippen LogP contribution in [0, 0.1) is 6.92 Å². The Kier molecular flexibility index (Phi) is 4.29. The lowest BCUT2D eigenvalue weighted by atomic mass is 9.98. The zero-order valence-electron chi connectivity index (χ0n) is 8.72. The van der Waals surface area contributed by atoms with Crippen molar-refractivity contribution in [2.75, 3.05) is 0 Å². The summed E-state index contributed by atoms with van der Waals surface area (Å²) in [6.45, 7) is 1.73. The van der Waals surface area contributed by atoms with Gasteiger partial charge in [0.25, 0.3) is 0 Å². The van der Waals surface area contributed by atoms with Crippen LogP contribution in [0.2, 0.25) is 5.02 Å². The quantitative estimate of drug-likeness (QED) is 0.750. The molecule has 0 radical (unpaired) electrons. The van der Waals surface area contributed by atoms with Crippen molar-refractivity contribution >= 4 is 17.6 Å². The summed E-state index contributed by atoms with van der Waals surface area (Å²) in [4.78, 5) is 10.4. The maximum absolute atomic E-state index is 10.4. The third-order valence-corrected chi connectivity index (χ3v) is 2.53. The van der Waals surface area contributed by atoms with E-state index in [0.717, 1.165) is 0 Å². The number of aliphatic carboxylic acids is 1. The van der Waals surface area contributed by atoms with Crippen molar-refractivity contribution in [3.8, 4) is 0 Å². The normalized spacial score (nSPS) is 14.5. The second-order valence-corrected chi connectivity index (χ2v) is 4.05. The number of aryl methyl sites for hydroxylation is 1. The fourth-order valence-electron chi connectivity index (χ4n) is 1.47. The van der Waals surface area contributed by atoms with Crippen LogP contribution in [-0.2, 0) is 4.79 Å². The Labute approximate surface area is 98.1 Å². The average Bonchev–Trinajstić information content (AvgIpc) is 2.15. The Balaban J connectivity index is 2.87. The van der Waals surface area contributed by atoms with E-state index in [4.69, 9.17) is 16.7 Å². The van der Waals surface area contributed by atoms with Crippen LogP contribution in [-0.4, -0.2) is 27.4 Å². The number of halogens is 1. The van der Waals surface area contributed by atoms with Gasteiger partial charge in [0.05, 0.1) is 12.5 Å². The van der Waals surface area contributed by atoms with E-state index in [1.165, 1.54) is 0 Å². The van der Waals surface area contributed by atoms with Crippen molar-refractivity contribution in [2.45, 2.75) is 25.6 Å². The number of rotatable bonds is 4. The van der Waals surface area contributed by atoms with E-state index in [9.17, 15) is 15.0 Å². The molecule has 16 heavy (non-hydrogen) atoms. The topological polar surface area (TPSA) is 77.8 Å². The molecule has 1 aromatic rings. The summed E-state index contributed by atoms with van der Waals surface area (Å²) in [5, 5.41) is 28.3. The van der Waals surface area contributed by atoms with Crippen LogP contribution in [0.25, 0.3) is 0 Å². The fourth-order valence-corrected chi connectivity index (χ4v) is 1.70. The molecule has 0 aliphatic heterocycles. The van der Waals surface area contributed by atoms with Crippen molar-refractivity contribution in [1.82, 2.24) is 0 Å². The number of aliphatic hydroxyl groups is 2. The van der Waals surface area contributed by atoms with Crippen molar-refractivity contribution < 1.29 is 20.1 Å². The van der Waals surface area contributed by atoms with Gasteiger partial charge in [-0.05, 0) is 30.2 Å². The minimum atomic E-state index is -1.32. The first-order valence-corrected chi connectivity index (χ1v) is 5.13. The van der Waals surface area contributed by atoms with Gasteiger partial charge < -0.3 is 15.3 Å². The Morgan fingerprint density at radius 3 is 2.56 bits per heavy atom. The molecule has 2 atom stereocenters. The van der Waals surface area contributed by atoms with Gasteiger partial charge in [-0.2, -0.15) is 0 Å². The molecule has 3 N–H and O–H groups in total. The van der Waals surface area contributed by atoms with E-state index in [2.05, 4.69) is 0 Å². The Morgan fingerprint density at radius 1 is 1.44 bits per heavy atom. The highest BCUT2D eigenvalue weighted by atomic mass is 35.5. The van der Waals surface area contributed by atoms with Crippen LogP contribution in [0.1, 0.15) is 23.7 Å². The van der Waals surface area contributed by atoms with E-state index in [0.29, 0.717) is 16.1 Å². The zero-order valence-corrected chi connectivity index (χ0v) is 9.48. The summed E-state index contributed by atoms with van der Waals surface area (Å²) in [5.74, 6) is -1.15. The molecule has 0 aliphatic carbocycles. The van der Waals surface area contributed by atoms with Crippen LogP contribution < -0.4 is 0 Å². The van der Waals surface area contributed by atoms with Crippen LogP contribution in [0.3, 0.4) is 0 Å². The number of benzene rings is 1. The van der Waals surface area contributed by atoms with Crippen molar-refractivity contribution in [2.24, 2.45) is 0 Å². The number of carboxylic acids is 1. The molecule has 0 saturated heterocycles. The van der Waals surface area contributed by atoms with E-state index in [-0.39, 0.29) is 0 Å². The third kappa shape index (κ3) is 3.20. The molecule has 88 valence electrons.